The minimum absolute atomic E-state index is 0.322. The van der Waals surface area contributed by atoms with Gasteiger partial charge in [-0.15, -0.1) is 0 Å². The summed E-state index contributed by atoms with van der Waals surface area (Å²) in [6.45, 7) is 3.59. The van der Waals surface area contributed by atoms with Crippen molar-refractivity contribution in [2.24, 2.45) is 0 Å². The summed E-state index contributed by atoms with van der Waals surface area (Å²) in [7, 11) is -4.19. The smallest absolute Gasteiger partial charge is 0.264 e. The Hall–Kier alpha value is -2.15. The summed E-state index contributed by atoms with van der Waals surface area (Å²) in [4.78, 5) is -0.693. The molecule has 2 aromatic carbocycles. The zero-order valence-corrected chi connectivity index (χ0v) is 12.3. The number of nitrogens with one attached hydrogen (secondary N) is 1. The monoisotopic (exact) mass is 312 g/mol. The summed E-state index contributed by atoms with van der Waals surface area (Å²) < 4.78 is 53.6. The fourth-order valence-corrected chi connectivity index (χ4v) is 3.11. The molecule has 112 valence electrons. The molecular formula is C14H14F2N2O2S. The largest absolute Gasteiger partial charge is 0.394 e. The Morgan fingerprint density at radius 3 is 2.38 bits per heavy atom. The molecule has 0 aliphatic heterocycles. The maximum absolute atomic E-state index is 13.8. The maximum atomic E-state index is 13.8. The molecule has 0 radical (unpaired) electrons. The van der Waals surface area contributed by atoms with Crippen molar-refractivity contribution in [1.82, 2.24) is 0 Å². The minimum Gasteiger partial charge on any atom is -0.394 e. The Kier molecular flexibility index (Phi) is 3.87. The van der Waals surface area contributed by atoms with E-state index in [0.29, 0.717) is 11.3 Å². The summed E-state index contributed by atoms with van der Waals surface area (Å²) >= 11 is 0. The van der Waals surface area contributed by atoms with E-state index in [0.717, 1.165) is 17.7 Å². The molecule has 0 saturated carbocycles. The first-order valence-electron chi connectivity index (χ1n) is 6.06. The second kappa shape index (κ2) is 5.33. The number of nitrogen functional groups attached to an aromatic ring is 1. The molecule has 0 amide bonds. The lowest BCUT2D eigenvalue weighted by molar-refractivity contribution is 0.557. The van der Waals surface area contributed by atoms with E-state index in [1.807, 2.05) is 6.92 Å². The van der Waals surface area contributed by atoms with Gasteiger partial charge in [0.15, 0.2) is 5.82 Å². The van der Waals surface area contributed by atoms with Crippen LogP contribution in [0, 0.1) is 25.5 Å². The summed E-state index contributed by atoms with van der Waals surface area (Å²) in [5, 5.41) is 0. The highest BCUT2D eigenvalue weighted by atomic mass is 32.2. The molecule has 0 aromatic heterocycles. The van der Waals surface area contributed by atoms with Crippen LogP contribution in [0.15, 0.2) is 35.2 Å². The number of sulfonamides is 1. The molecule has 3 N–H and O–H groups in total. The third-order valence-corrected chi connectivity index (χ3v) is 4.39. The fraction of sp³-hybridized carbons (Fsp3) is 0.143. The molecule has 0 aliphatic rings. The SMILES string of the molecule is Cc1ccc(NS(=O)(=O)c2ccc(F)c(N)c2F)c(C)c1. The molecule has 0 saturated heterocycles. The first-order chi connectivity index (χ1) is 9.72. The second-order valence-electron chi connectivity index (χ2n) is 4.70. The molecule has 21 heavy (non-hydrogen) atoms. The topological polar surface area (TPSA) is 72.2 Å². The summed E-state index contributed by atoms with van der Waals surface area (Å²) in [6, 6.07) is 6.74. The summed E-state index contributed by atoms with van der Waals surface area (Å²) in [5.41, 5.74) is 6.34. The van der Waals surface area contributed by atoms with Gasteiger partial charge in [0.05, 0.1) is 5.69 Å². The van der Waals surface area contributed by atoms with E-state index in [-0.39, 0.29) is 0 Å². The zero-order chi connectivity index (χ0) is 15.8. The van der Waals surface area contributed by atoms with E-state index in [1.165, 1.54) is 0 Å². The Balaban J connectivity index is 2.46. The van der Waals surface area contributed by atoms with Gasteiger partial charge in [-0.1, -0.05) is 17.7 Å². The number of benzene rings is 2. The average Bonchev–Trinajstić information content (AvgIpc) is 2.39. The molecule has 0 bridgehead atoms. The van der Waals surface area contributed by atoms with Gasteiger partial charge in [0, 0.05) is 0 Å². The van der Waals surface area contributed by atoms with Crippen molar-refractivity contribution in [1.29, 1.82) is 0 Å². The van der Waals surface area contributed by atoms with Crippen LogP contribution in [0.2, 0.25) is 0 Å². The van der Waals surface area contributed by atoms with Crippen LogP contribution in [0.5, 0.6) is 0 Å². The average molecular weight is 312 g/mol. The molecule has 2 rings (SSSR count). The normalized spacial score (nSPS) is 11.4. The van der Waals surface area contributed by atoms with E-state index >= 15 is 0 Å². The first-order valence-corrected chi connectivity index (χ1v) is 7.54. The molecule has 0 unspecified atom stereocenters. The number of nitrogens with two attached hydrogens (primary N) is 1. The van der Waals surface area contributed by atoms with Crippen molar-refractivity contribution in [2.45, 2.75) is 18.7 Å². The van der Waals surface area contributed by atoms with Crippen molar-refractivity contribution in [3.63, 3.8) is 0 Å². The quantitative estimate of drug-likeness (QED) is 0.856. The van der Waals surface area contributed by atoms with E-state index in [2.05, 4.69) is 4.72 Å². The van der Waals surface area contributed by atoms with Gasteiger partial charge < -0.3 is 5.73 Å². The third kappa shape index (κ3) is 2.97. The fourth-order valence-electron chi connectivity index (χ4n) is 1.88. The van der Waals surface area contributed by atoms with E-state index in [1.54, 1.807) is 25.1 Å². The Labute approximate surface area is 121 Å². The van der Waals surface area contributed by atoms with Crippen LogP contribution in [0.4, 0.5) is 20.2 Å². The molecule has 7 heteroatoms. The number of anilines is 2. The van der Waals surface area contributed by atoms with E-state index in [9.17, 15) is 17.2 Å². The van der Waals surface area contributed by atoms with Crippen molar-refractivity contribution in [2.75, 3.05) is 10.5 Å². The lowest BCUT2D eigenvalue weighted by Gasteiger charge is -2.12. The minimum atomic E-state index is -4.19. The van der Waals surface area contributed by atoms with Crippen LogP contribution < -0.4 is 10.5 Å². The Morgan fingerprint density at radius 1 is 1.10 bits per heavy atom. The van der Waals surface area contributed by atoms with Crippen LogP contribution >= 0.6 is 0 Å². The summed E-state index contributed by atoms with van der Waals surface area (Å²) in [6.07, 6.45) is 0. The van der Waals surface area contributed by atoms with Gasteiger partial charge in [0.25, 0.3) is 10.0 Å². The maximum Gasteiger partial charge on any atom is 0.264 e. The Morgan fingerprint density at radius 2 is 1.76 bits per heavy atom. The summed E-state index contributed by atoms with van der Waals surface area (Å²) in [5.74, 6) is -2.30. The van der Waals surface area contributed by atoms with Gasteiger partial charge in [-0.25, -0.2) is 17.2 Å². The molecule has 0 heterocycles. The second-order valence-corrected chi connectivity index (χ2v) is 6.35. The molecule has 0 spiro atoms. The van der Waals surface area contributed by atoms with Gasteiger partial charge >= 0.3 is 0 Å². The lowest BCUT2D eigenvalue weighted by atomic mass is 10.1. The zero-order valence-electron chi connectivity index (χ0n) is 11.4. The van der Waals surface area contributed by atoms with E-state index < -0.39 is 32.2 Å². The van der Waals surface area contributed by atoms with Crippen LogP contribution in [-0.4, -0.2) is 8.42 Å². The number of hydrogen-bond acceptors (Lipinski definition) is 3. The van der Waals surface area contributed by atoms with Crippen LogP contribution in [0.25, 0.3) is 0 Å². The highest BCUT2D eigenvalue weighted by Crippen LogP contribution is 2.26. The van der Waals surface area contributed by atoms with Gasteiger partial charge in [0.1, 0.15) is 16.4 Å². The van der Waals surface area contributed by atoms with E-state index in [4.69, 9.17) is 5.73 Å². The molecule has 4 nitrogen and oxygen atoms in total. The molecule has 2 aromatic rings. The van der Waals surface area contributed by atoms with Crippen LogP contribution in [-0.2, 0) is 10.0 Å². The van der Waals surface area contributed by atoms with Crippen molar-refractivity contribution in [3.05, 3.63) is 53.1 Å². The Bertz CT molecular complexity index is 805. The van der Waals surface area contributed by atoms with Gasteiger partial charge in [0.2, 0.25) is 0 Å². The predicted molar refractivity (Wildman–Crippen MR) is 77.5 cm³/mol. The number of hydrogen-bond donors (Lipinski definition) is 2. The molecule has 0 aliphatic carbocycles. The molecule has 0 fully saturated rings. The van der Waals surface area contributed by atoms with Crippen molar-refractivity contribution >= 4 is 21.4 Å². The van der Waals surface area contributed by atoms with Gasteiger partial charge in [-0.05, 0) is 37.6 Å². The molecule has 0 atom stereocenters. The first kappa shape index (κ1) is 15.2. The van der Waals surface area contributed by atoms with Crippen LogP contribution in [0.1, 0.15) is 11.1 Å². The van der Waals surface area contributed by atoms with Crippen molar-refractivity contribution in [3.8, 4) is 0 Å². The van der Waals surface area contributed by atoms with Gasteiger partial charge in [-0.2, -0.15) is 0 Å². The highest BCUT2D eigenvalue weighted by Gasteiger charge is 2.23. The molecular weight excluding hydrogens is 298 g/mol. The number of halogens is 2. The lowest BCUT2D eigenvalue weighted by Crippen LogP contribution is -2.16. The highest BCUT2D eigenvalue weighted by molar-refractivity contribution is 7.92. The number of aryl methyl sites for hydroxylation is 2. The standard InChI is InChI=1S/C14H14F2N2O2S/c1-8-3-5-11(9(2)7-8)18-21(19,20)12-6-4-10(15)14(17)13(12)16/h3-7,18H,17H2,1-2H3. The third-order valence-electron chi connectivity index (χ3n) is 3.01. The predicted octanol–water partition coefficient (Wildman–Crippen LogP) is 2.96. The van der Waals surface area contributed by atoms with Gasteiger partial charge in [-0.3, -0.25) is 4.72 Å². The number of rotatable bonds is 3. The van der Waals surface area contributed by atoms with Crippen molar-refractivity contribution < 1.29 is 17.2 Å². The van der Waals surface area contributed by atoms with Crippen LogP contribution in [0.3, 0.4) is 0 Å².